The van der Waals surface area contributed by atoms with Crippen molar-refractivity contribution in [3.8, 4) is 0 Å². The Labute approximate surface area is 101 Å². The highest BCUT2D eigenvalue weighted by molar-refractivity contribution is 4.94. The van der Waals surface area contributed by atoms with Gasteiger partial charge in [-0.05, 0) is 25.8 Å². The standard InChI is InChI=1S/C12H23F3N2/c1-10-4-3-5-11(8-10,9-16)17(2)7-6-12(13,14)15/h10H,3-9,16H2,1-2H3. The van der Waals surface area contributed by atoms with E-state index < -0.39 is 12.6 Å². The normalized spacial score (nSPS) is 30.9. The second-order valence-electron chi connectivity index (χ2n) is 5.42. The van der Waals surface area contributed by atoms with E-state index in [2.05, 4.69) is 6.92 Å². The predicted octanol–water partition coefficient (Wildman–Crippen LogP) is 2.78. The molecule has 1 aliphatic carbocycles. The number of likely N-dealkylation sites (N-methyl/N-ethyl adjacent to an activating group) is 1. The molecule has 0 radical (unpaired) electrons. The average molecular weight is 252 g/mol. The van der Waals surface area contributed by atoms with Crippen molar-refractivity contribution >= 4 is 0 Å². The van der Waals surface area contributed by atoms with Crippen LogP contribution in [0.5, 0.6) is 0 Å². The van der Waals surface area contributed by atoms with Gasteiger partial charge in [0.25, 0.3) is 0 Å². The Hall–Kier alpha value is -0.290. The van der Waals surface area contributed by atoms with Crippen molar-refractivity contribution in [2.24, 2.45) is 11.7 Å². The van der Waals surface area contributed by atoms with E-state index in [1.165, 1.54) is 0 Å². The summed E-state index contributed by atoms with van der Waals surface area (Å²) in [6.45, 7) is 2.65. The first-order valence-electron chi connectivity index (χ1n) is 6.27. The van der Waals surface area contributed by atoms with Crippen LogP contribution in [-0.2, 0) is 0 Å². The molecule has 0 heterocycles. The lowest BCUT2D eigenvalue weighted by molar-refractivity contribution is -0.141. The van der Waals surface area contributed by atoms with Crippen LogP contribution in [0.4, 0.5) is 13.2 Å². The number of rotatable bonds is 4. The van der Waals surface area contributed by atoms with Crippen molar-refractivity contribution in [2.75, 3.05) is 20.1 Å². The zero-order valence-electron chi connectivity index (χ0n) is 10.7. The van der Waals surface area contributed by atoms with Gasteiger partial charge in [-0.3, -0.25) is 4.90 Å². The molecule has 0 amide bonds. The third-order valence-electron chi connectivity index (χ3n) is 3.99. The quantitative estimate of drug-likeness (QED) is 0.833. The summed E-state index contributed by atoms with van der Waals surface area (Å²) in [6.07, 6.45) is -0.770. The van der Waals surface area contributed by atoms with Crippen LogP contribution < -0.4 is 5.73 Å². The van der Waals surface area contributed by atoms with E-state index in [9.17, 15) is 13.2 Å². The Morgan fingerprint density at radius 3 is 2.53 bits per heavy atom. The third kappa shape index (κ3) is 4.14. The number of halogens is 3. The van der Waals surface area contributed by atoms with Gasteiger partial charge in [0.1, 0.15) is 0 Å². The highest BCUT2D eigenvalue weighted by Crippen LogP contribution is 2.36. The van der Waals surface area contributed by atoms with E-state index in [0.717, 1.165) is 25.7 Å². The van der Waals surface area contributed by atoms with Crippen LogP contribution in [0.2, 0.25) is 0 Å². The fourth-order valence-electron chi connectivity index (χ4n) is 2.85. The molecule has 2 atom stereocenters. The first kappa shape index (κ1) is 14.8. The molecule has 1 saturated carbocycles. The van der Waals surface area contributed by atoms with Crippen LogP contribution in [0, 0.1) is 5.92 Å². The van der Waals surface area contributed by atoms with Gasteiger partial charge in [-0.15, -0.1) is 0 Å². The van der Waals surface area contributed by atoms with Crippen molar-refractivity contribution < 1.29 is 13.2 Å². The lowest BCUT2D eigenvalue weighted by Gasteiger charge is -2.46. The van der Waals surface area contributed by atoms with Crippen molar-refractivity contribution in [1.82, 2.24) is 4.90 Å². The van der Waals surface area contributed by atoms with Gasteiger partial charge in [0.05, 0.1) is 6.42 Å². The number of nitrogens with two attached hydrogens (primary N) is 1. The lowest BCUT2D eigenvalue weighted by Crippen LogP contribution is -2.55. The minimum Gasteiger partial charge on any atom is -0.329 e. The topological polar surface area (TPSA) is 29.3 Å². The molecular formula is C12H23F3N2. The van der Waals surface area contributed by atoms with Crippen LogP contribution in [0.1, 0.15) is 39.0 Å². The summed E-state index contributed by atoms with van der Waals surface area (Å²) in [4.78, 5) is 1.83. The molecule has 0 aromatic carbocycles. The Bertz CT molecular complexity index is 242. The van der Waals surface area contributed by atoms with Gasteiger partial charge in [0, 0.05) is 18.6 Å². The van der Waals surface area contributed by atoms with Gasteiger partial charge in [-0.1, -0.05) is 19.8 Å². The van der Waals surface area contributed by atoms with Crippen LogP contribution in [0.25, 0.3) is 0 Å². The van der Waals surface area contributed by atoms with Crippen molar-refractivity contribution in [1.29, 1.82) is 0 Å². The maximum atomic E-state index is 12.2. The number of hydrogen-bond donors (Lipinski definition) is 1. The van der Waals surface area contributed by atoms with Crippen molar-refractivity contribution in [3.05, 3.63) is 0 Å². The smallest absolute Gasteiger partial charge is 0.329 e. The molecular weight excluding hydrogens is 229 g/mol. The lowest BCUT2D eigenvalue weighted by atomic mass is 9.75. The average Bonchev–Trinajstić information content (AvgIpc) is 2.24. The minimum absolute atomic E-state index is 0.0490. The van der Waals surface area contributed by atoms with Gasteiger partial charge in [-0.25, -0.2) is 0 Å². The van der Waals surface area contributed by atoms with Gasteiger partial charge in [-0.2, -0.15) is 13.2 Å². The summed E-state index contributed by atoms with van der Waals surface area (Å²) in [5.41, 5.74) is 5.60. The summed E-state index contributed by atoms with van der Waals surface area (Å²) in [6, 6.07) is 0. The molecule has 1 fully saturated rings. The van der Waals surface area contributed by atoms with Gasteiger partial charge >= 0.3 is 6.18 Å². The Morgan fingerprint density at radius 2 is 2.06 bits per heavy atom. The maximum Gasteiger partial charge on any atom is 0.390 e. The molecule has 0 aromatic heterocycles. The molecule has 5 heteroatoms. The molecule has 0 aromatic rings. The van der Waals surface area contributed by atoms with E-state index in [4.69, 9.17) is 5.73 Å². The molecule has 0 aliphatic heterocycles. The zero-order valence-corrected chi connectivity index (χ0v) is 10.7. The molecule has 1 aliphatic rings. The molecule has 2 nitrogen and oxygen atoms in total. The van der Waals surface area contributed by atoms with E-state index in [1.807, 2.05) is 4.90 Å². The van der Waals surface area contributed by atoms with Crippen LogP contribution in [0.3, 0.4) is 0 Å². The third-order valence-corrected chi connectivity index (χ3v) is 3.99. The Morgan fingerprint density at radius 1 is 1.41 bits per heavy atom. The van der Waals surface area contributed by atoms with Gasteiger partial charge in [0.2, 0.25) is 0 Å². The molecule has 0 bridgehead atoms. The van der Waals surface area contributed by atoms with E-state index in [-0.39, 0.29) is 12.1 Å². The van der Waals surface area contributed by atoms with Crippen LogP contribution in [-0.4, -0.2) is 36.8 Å². The summed E-state index contributed by atoms with van der Waals surface area (Å²) >= 11 is 0. The van der Waals surface area contributed by atoms with E-state index in [0.29, 0.717) is 12.5 Å². The predicted molar refractivity (Wildman–Crippen MR) is 62.7 cm³/mol. The second kappa shape index (κ2) is 5.57. The molecule has 102 valence electrons. The van der Waals surface area contributed by atoms with Gasteiger partial charge in [0.15, 0.2) is 0 Å². The number of alkyl halides is 3. The maximum absolute atomic E-state index is 12.2. The Kier molecular flexibility index (Phi) is 4.84. The fourth-order valence-corrected chi connectivity index (χ4v) is 2.85. The summed E-state index contributed by atoms with van der Waals surface area (Å²) in [7, 11) is 1.77. The molecule has 1 rings (SSSR count). The molecule has 17 heavy (non-hydrogen) atoms. The molecule has 0 spiro atoms. The van der Waals surface area contributed by atoms with Crippen molar-refractivity contribution in [2.45, 2.75) is 50.7 Å². The SMILES string of the molecule is CC1CCCC(CN)(N(C)CCC(F)(F)F)C1. The molecule has 2 N–H and O–H groups in total. The highest BCUT2D eigenvalue weighted by atomic mass is 19.4. The molecule has 2 unspecified atom stereocenters. The summed E-state index contributed by atoms with van der Waals surface area (Å²) in [5.74, 6) is 0.556. The largest absolute Gasteiger partial charge is 0.390 e. The number of nitrogens with zero attached hydrogens (tertiary/aromatic N) is 1. The second-order valence-corrected chi connectivity index (χ2v) is 5.42. The van der Waals surface area contributed by atoms with E-state index in [1.54, 1.807) is 7.05 Å². The van der Waals surface area contributed by atoms with Crippen LogP contribution >= 0.6 is 0 Å². The number of hydrogen-bond acceptors (Lipinski definition) is 2. The molecule has 0 saturated heterocycles. The van der Waals surface area contributed by atoms with Crippen molar-refractivity contribution in [3.63, 3.8) is 0 Å². The zero-order chi connectivity index (χ0) is 13.1. The Balaban J connectivity index is 2.59. The fraction of sp³-hybridized carbons (Fsp3) is 1.00. The van der Waals surface area contributed by atoms with Crippen LogP contribution in [0.15, 0.2) is 0 Å². The van der Waals surface area contributed by atoms with E-state index >= 15 is 0 Å². The monoisotopic (exact) mass is 252 g/mol. The highest BCUT2D eigenvalue weighted by Gasteiger charge is 2.38. The minimum atomic E-state index is -4.08. The first-order chi connectivity index (χ1) is 7.79. The first-order valence-corrected chi connectivity index (χ1v) is 6.27. The summed E-state index contributed by atoms with van der Waals surface area (Å²) < 4.78 is 36.7. The van der Waals surface area contributed by atoms with Gasteiger partial charge < -0.3 is 5.73 Å². The summed E-state index contributed by atoms with van der Waals surface area (Å²) in [5, 5.41) is 0.